The Balaban J connectivity index is 1.39. The lowest BCUT2D eigenvalue weighted by molar-refractivity contribution is -0.689. The number of hydrogen-bond acceptors (Lipinski definition) is 2. The van der Waals surface area contributed by atoms with Gasteiger partial charge in [0.1, 0.15) is 0 Å². The minimum absolute atomic E-state index is 0.587. The summed E-state index contributed by atoms with van der Waals surface area (Å²) >= 11 is 0. The number of aromatic nitrogens is 6. The number of hydrogen-bond donors (Lipinski definition) is 0. The highest BCUT2D eigenvalue weighted by molar-refractivity contribution is 5.13. The van der Waals surface area contributed by atoms with E-state index in [1.54, 1.807) is 0 Å². The van der Waals surface area contributed by atoms with Crippen molar-refractivity contribution < 1.29 is 9.13 Å². The Morgan fingerprint density at radius 1 is 0.640 bits per heavy atom. The zero-order valence-electron chi connectivity index (χ0n) is 13.9. The van der Waals surface area contributed by atoms with Crippen molar-refractivity contribution >= 4 is 0 Å². The minimum Gasteiger partial charge on any atom is -0.233 e. The van der Waals surface area contributed by atoms with Crippen LogP contribution in [-0.2, 0) is 19.8 Å². The van der Waals surface area contributed by atoms with Gasteiger partial charge in [-0.1, -0.05) is 70.0 Å². The molecule has 0 bridgehead atoms. The van der Waals surface area contributed by atoms with Crippen molar-refractivity contribution in [3.63, 3.8) is 0 Å². The summed E-state index contributed by atoms with van der Waals surface area (Å²) < 4.78 is 7.89. The molecule has 25 heavy (non-hydrogen) atoms. The van der Waals surface area contributed by atoms with Crippen LogP contribution in [0.3, 0.4) is 0 Å². The molecule has 4 rings (SSSR count). The van der Waals surface area contributed by atoms with Crippen molar-refractivity contribution in [2.24, 2.45) is 0 Å². The average Bonchev–Trinajstić information content (AvgIpc) is 3.27. The lowest BCUT2D eigenvalue weighted by Gasteiger charge is -1.96. The van der Waals surface area contributed by atoms with Gasteiger partial charge in [-0.25, -0.2) is 9.13 Å². The Morgan fingerprint density at radius 2 is 1.08 bits per heavy atom. The molecule has 6 heteroatoms. The molecule has 0 N–H and O–H groups in total. The van der Waals surface area contributed by atoms with Crippen molar-refractivity contribution in [3.8, 4) is 0 Å². The summed E-state index contributed by atoms with van der Waals surface area (Å²) in [5.41, 5.74) is 2.51. The van der Waals surface area contributed by atoms with Gasteiger partial charge in [-0.3, -0.25) is 0 Å². The van der Waals surface area contributed by atoms with E-state index in [4.69, 9.17) is 0 Å². The molecular formula is C19H20N6+2. The Morgan fingerprint density at radius 3 is 1.52 bits per heavy atom. The quantitative estimate of drug-likeness (QED) is 0.499. The molecule has 0 atom stereocenters. The second-order valence-electron chi connectivity index (χ2n) is 6.03. The van der Waals surface area contributed by atoms with Gasteiger partial charge in [-0.2, -0.15) is 0 Å². The predicted molar refractivity (Wildman–Crippen MR) is 91.3 cm³/mol. The molecule has 0 fully saturated rings. The molecule has 0 aliphatic carbocycles. The van der Waals surface area contributed by atoms with Gasteiger partial charge in [0.05, 0.1) is 13.1 Å². The van der Waals surface area contributed by atoms with Crippen LogP contribution in [-0.4, -0.2) is 19.6 Å². The lowest BCUT2D eigenvalue weighted by atomic mass is 10.2. The fourth-order valence-electron chi connectivity index (χ4n) is 2.77. The Bertz CT molecular complexity index is 849. The van der Waals surface area contributed by atoms with E-state index in [2.05, 4.69) is 67.9 Å². The zero-order valence-corrected chi connectivity index (χ0v) is 13.9. The van der Waals surface area contributed by atoms with Crippen LogP contribution in [0.4, 0.5) is 0 Å². The smallest absolute Gasteiger partial charge is 0.233 e. The molecule has 2 heterocycles. The highest BCUT2D eigenvalue weighted by atomic mass is 15.5. The van der Waals surface area contributed by atoms with Gasteiger partial charge >= 0.3 is 0 Å². The molecule has 0 unspecified atom stereocenters. The first-order valence-electron chi connectivity index (χ1n) is 8.26. The molecule has 4 aromatic rings. The third kappa shape index (κ3) is 3.98. The van der Waals surface area contributed by atoms with E-state index in [1.807, 2.05) is 46.8 Å². The Kier molecular flexibility index (Phi) is 4.33. The first-order valence-corrected chi connectivity index (χ1v) is 8.26. The van der Waals surface area contributed by atoms with Crippen molar-refractivity contribution in [3.05, 3.63) is 97.1 Å². The topological polar surface area (TPSA) is 43.4 Å². The molecule has 0 spiro atoms. The second-order valence-corrected chi connectivity index (χ2v) is 6.03. The standard InChI is InChI=1S/C19H20N6/c1-3-7-18(8-4-1)11-22-13-20-24(15-22)17-25-16-23(14-21-25)12-19-9-5-2-6-10-19/h1-10,13-16H,11-12,17H2/q+2. The van der Waals surface area contributed by atoms with Gasteiger partial charge in [-0.05, 0) is 11.1 Å². The van der Waals surface area contributed by atoms with Crippen LogP contribution in [0.15, 0.2) is 86.0 Å². The van der Waals surface area contributed by atoms with Crippen LogP contribution in [0.5, 0.6) is 0 Å². The van der Waals surface area contributed by atoms with Gasteiger partial charge in [-0.15, -0.1) is 0 Å². The van der Waals surface area contributed by atoms with E-state index >= 15 is 0 Å². The molecule has 0 radical (unpaired) electrons. The molecule has 6 nitrogen and oxygen atoms in total. The maximum Gasteiger partial charge on any atom is 0.265 e. The van der Waals surface area contributed by atoms with Crippen LogP contribution < -0.4 is 9.13 Å². The van der Waals surface area contributed by atoms with Gasteiger partial charge < -0.3 is 0 Å². The third-order valence-electron chi connectivity index (χ3n) is 3.97. The van der Waals surface area contributed by atoms with Crippen LogP contribution in [0.2, 0.25) is 0 Å². The van der Waals surface area contributed by atoms with Crippen LogP contribution >= 0.6 is 0 Å². The number of benzene rings is 2. The third-order valence-corrected chi connectivity index (χ3v) is 3.97. The maximum absolute atomic E-state index is 4.41. The summed E-state index contributed by atoms with van der Waals surface area (Å²) in [4.78, 5) is 0. The van der Waals surface area contributed by atoms with Crippen molar-refractivity contribution in [2.45, 2.75) is 19.8 Å². The van der Waals surface area contributed by atoms with E-state index in [-0.39, 0.29) is 0 Å². The van der Waals surface area contributed by atoms with Crippen molar-refractivity contribution in [2.75, 3.05) is 0 Å². The molecule has 124 valence electrons. The summed E-state index contributed by atoms with van der Waals surface area (Å²) in [5.74, 6) is 0. The normalized spacial score (nSPS) is 10.9. The first-order chi connectivity index (χ1) is 12.3. The molecule has 0 aliphatic heterocycles. The molecule has 0 saturated carbocycles. The van der Waals surface area contributed by atoms with Crippen LogP contribution in [0, 0.1) is 0 Å². The highest BCUT2D eigenvalue weighted by Gasteiger charge is 2.12. The molecule has 0 aliphatic rings. The SMILES string of the molecule is c1ccc(C[n+]2cnn(Cn3c[n+](Cc4ccccc4)cn3)c2)cc1. The van der Waals surface area contributed by atoms with E-state index in [1.165, 1.54) is 11.1 Å². The summed E-state index contributed by atoms with van der Waals surface area (Å²) in [6.45, 7) is 2.21. The molecule has 0 amide bonds. The Hall–Kier alpha value is -3.28. The van der Waals surface area contributed by atoms with E-state index < -0.39 is 0 Å². The van der Waals surface area contributed by atoms with E-state index in [9.17, 15) is 0 Å². The van der Waals surface area contributed by atoms with Crippen LogP contribution in [0.1, 0.15) is 11.1 Å². The fraction of sp³-hybridized carbons (Fsp3) is 0.158. The van der Waals surface area contributed by atoms with Gasteiger partial charge in [0, 0.05) is 10.2 Å². The summed E-state index contributed by atoms with van der Waals surface area (Å²) in [6.07, 6.45) is 7.68. The molecule has 0 saturated heterocycles. The van der Waals surface area contributed by atoms with Gasteiger partial charge in [0.15, 0.2) is 0 Å². The van der Waals surface area contributed by atoms with Crippen molar-refractivity contribution in [1.82, 2.24) is 19.6 Å². The highest BCUT2D eigenvalue weighted by Crippen LogP contribution is 1.98. The molecule has 2 aromatic heterocycles. The molecule has 2 aromatic carbocycles. The predicted octanol–water partition coefficient (Wildman–Crippen LogP) is 1.26. The monoisotopic (exact) mass is 332 g/mol. The fourth-order valence-corrected chi connectivity index (χ4v) is 2.77. The van der Waals surface area contributed by atoms with Crippen molar-refractivity contribution in [1.29, 1.82) is 0 Å². The van der Waals surface area contributed by atoms with Crippen LogP contribution in [0.25, 0.3) is 0 Å². The summed E-state index contributed by atoms with van der Waals surface area (Å²) in [7, 11) is 0. The van der Waals surface area contributed by atoms with Gasteiger partial charge in [0.25, 0.3) is 19.3 Å². The first kappa shape index (κ1) is 15.3. The second kappa shape index (κ2) is 7.09. The van der Waals surface area contributed by atoms with Gasteiger partial charge in [0.2, 0.25) is 12.7 Å². The average molecular weight is 332 g/mol. The minimum atomic E-state index is 0.587. The molecular weight excluding hydrogens is 312 g/mol. The maximum atomic E-state index is 4.41. The lowest BCUT2D eigenvalue weighted by Crippen LogP contribution is -2.32. The largest absolute Gasteiger partial charge is 0.265 e. The summed E-state index contributed by atoms with van der Waals surface area (Å²) in [5, 5.41) is 8.82. The van der Waals surface area contributed by atoms with E-state index in [0.29, 0.717) is 6.67 Å². The number of rotatable bonds is 6. The summed E-state index contributed by atoms with van der Waals surface area (Å²) in [6, 6.07) is 20.7. The van der Waals surface area contributed by atoms with E-state index in [0.717, 1.165) is 13.1 Å². The Labute approximate surface area is 146 Å². The number of nitrogens with zero attached hydrogens (tertiary/aromatic N) is 6. The zero-order chi connectivity index (χ0) is 16.9.